The number of hydrogen-bond donors (Lipinski definition) is 0. The molecule has 0 N–H and O–H groups in total. The van der Waals surface area contributed by atoms with Crippen molar-refractivity contribution < 1.29 is 19.1 Å². The van der Waals surface area contributed by atoms with Crippen molar-refractivity contribution in [1.29, 1.82) is 0 Å². The van der Waals surface area contributed by atoms with Crippen LogP contribution < -0.4 is 14.4 Å². The third-order valence-electron chi connectivity index (χ3n) is 5.93. The molecule has 6 heteroatoms. The van der Waals surface area contributed by atoms with Crippen molar-refractivity contribution in [3.8, 4) is 11.5 Å². The molecule has 1 saturated heterocycles. The molecule has 0 aromatic heterocycles. The Labute approximate surface area is 177 Å². The van der Waals surface area contributed by atoms with E-state index in [9.17, 15) is 9.59 Å². The van der Waals surface area contributed by atoms with Gasteiger partial charge in [0.1, 0.15) is 11.5 Å². The predicted octanol–water partition coefficient (Wildman–Crippen LogP) is 3.95. The van der Waals surface area contributed by atoms with Crippen LogP contribution in [0.4, 0.5) is 5.69 Å². The number of nitrogens with zero attached hydrogens (tertiary/aromatic N) is 2. The number of carbonyl (C=O) groups is 2. The van der Waals surface area contributed by atoms with Gasteiger partial charge in [0.25, 0.3) is 5.91 Å². The van der Waals surface area contributed by atoms with Crippen LogP contribution in [-0.4, -0.2) is 43.5 Å². The Kier molecular flexibility index (Phi) is 6.21. The minimum Gasteiger partial charge on any atom is -0.497 e. The number of fused-ring (bicyclic) bond motifs is 1. The van der Waals surface area contributed by atoms with Gasteiger partial charge in [-0.05, 0) is 42.7 Å². The van der Waals surface area contributed by atoms with Crippen LogP contribution in [0.2, 0.25) is 0 Å². The number of likely N-dealkylation sites (tertiary alicyclic amines) is 1. The van der Waals surface area contributed by atoms with Crippen molar-refractivity contribution in [2.75, 3.05) is 31.7 Å². The quantitative estimate of drug-likeness (QED) is 0.752. The Morgan fingerprint density at radius 2 is 1.90 bits per heavy atom. The fourth-order valence-corrected chi connectivity index (χ4v) is 4.33. The molecular formula is C24H28N2O4. The molecule has 0 aliphatic carbocycles. The maximum absolute atomic E-state index is 13.3. The Hall–Kier alpha value is -3.02. The summed E-state index contributed by atoms with van der Waals surface area (Å²) in [5, 5.41) is 0. The maximum atomic E-state index is 13.3. The van der Waals surface area contributed by atoms with E-state index in [0.29, 0.717) is 18.7 Å². The van der Waals surface area contributed by atoms with Gasteiger partial charge in [0.05, 0.1) is 18.8 Å². The van der Waals surface area contributed by atoms with E-state index >= 15 is 0 Å². The number of methoxy groups -OCH3 is 1. The number of benzene rings is 2. The molecule has 2 aromatic rings. The molecule has 0 bridgehead atoms. The first kappa shape index (κ1) is 20.3. The molecule has 2 aromatic carbocycles. The first-order valence-electron chi connectivity index (χ1n) is 10.6. The monoisotopic (exact) mass is 408 g/mol. The number of rotatable bonds is 5. The van der Waals surface area contributed by atoms with Crippen LogP contribution in [0.15, 0.2) is 48.5 Å². The highest BCUT2D eigenvalue weighted by molar-refractivity contribution is 5.98. The molecule has 2 aliphatic heterocycles. The third-order valence-corrected chi connectivity index (χ3v) is 5.93. The van der Waals surface area contributed by atoms with Crippen molar-refractivity contribution in [1.82, 2.24) is 4.90 Å². The Morgan fingerprint density at radius 1 is 1.10 bits per heavy atom. The molecule has 0 unspecified atom stereocenters. The molecule has 2 aliphatic rings. The summed E-state index contributed by atoms with van der Waals surface area (Å²) >= 11 is 0. The number of para-hydroxylation sites is 2. The summed E-state index contributed by atoms with van der Waals surface area (Å²) in [5.74, 6) is 1.49. The zero-order valence-electron chi connectivity index (χ0n) is 17.4. The maximum Gasteiger partial charge on any atom is 0.265 e. The van der Waals surface area contributed by atoms with Crippen molar-refractivity contribution >= 4 is 17.5 Å². The fourth-order valence-electron chi connectivity index (χ4n) is 4.33. The van der Waals surface area contributed by atoms with E-state index in [0.717, 1.165) is 49.2 Å². The van der Waals surface area contributed by atoms with Crippen molar-refractivity contribution in [3.63, 3.8) is 0 Å². The highest BCUT2D eigenvalue weighted by atomic mass is 16.5. The van der Waals surface area contributed by atoms with Crippen LogP contribution in [0.25, 0.3) is 0 Å². The topological polar surface area (TPSA) is 59.1 Å². The van der Waals surface area contributed by atoms with E-state index in [1.807, 2.05) is 41.3 Å². The standard InChI is InChI=1S/C24H28N2O4/c1-29-19-12-10-18(11-13-19)20-7-3-2-6-15-25(20)23(27)14-16-26-21-8-4-5-9-22(21)30-17-24(26)28/h4-5,8-13,20H,2-3,6-7,14-17H2,1H3/t20-/m1/s1. The van der Waals surface area contributed by atoms with Gasteiger partial charge in [0, 0.05) is 19.5 Å². The summed E-state index contributed by atoms with van der Waals surface area (Å²) in [5.41, 5.74) is 1.88. The molecule has 0 spiro atoms. The van der Waals surface area contributed by atoms with E-state index in [-0.39, 0.29) is 24.5 Å². The molecule has 6 nitrogen and oxygen atoms in total. The summed E-state index contributed by atoms with van der Waals surface area (Å²) in [7, 11) is 1.65. The van der Waals surface area contributed by atoms with Crippen LogP contribution in [0.5, 0.6) is 11.5 Å². The highest BCUT2D eigenvalue weighted by Gasteiger charge is 2.29. The summed E-state index contributed by atoms with van der Waals surface area (Å²) in [6.07, 6.45) is 4.50. The van der Waals surface area contributed by atoms with Gasteiger partial charge < -0.3 is 19.3 Å². The molecule has 0 saturated carbocycles. The average Bonchev–Trinajstić information content (AvgIpc) is 3.04. The average molecular weight is 408 g/mol. The van der Waals surface area contributed by atoms with Gasteiger partial charge in [-0.15, -0.1) is 0 Å². The van der Waals surface area contributed by atoms with E-state index in [2.05, 4.69) is 12.1 Å². The minimum absolute atomic E-state index is 0.0173. The van der Waals surface area contributed by atoms with Gasteiger partial charge in [-0.3, -0.25) is 9.59 Å². The van der Waals surface area contributed by atoms with Gasteiger partial charge in [0.15, 0.2) is 6.61 Å². The van der Waals surface area contributed by atoms with Gasteiger partial charge in [-0.2, -0.15) is 0 Å². The van der Waals surface area contributed by atoms with Gasteiger partial charge in [-0.25, -0.2) is 0 Å². The summed E-state index contributed by atoms with van der Waals surface area (Å²) in [4.78, 5) is 29.3. The summed E-state index contributed by atoms with van der Waals surface area (Å²) in [6, 6.07) is 15.6. The second-order valence-corrected chi connectivity index (χ2v) is 7.78. The Bertz CT molecular complexity index is 896. The van der Waals surface area contributed by atoms with Crippen molar-refractivity contribution in [2.24, 2.45) is 0 Å². The highest BCUT2D eigenvalue weighted by Crippen LogP contribution is 2.33. The Morgan fingerprint density at radius 3 is 2.70 bits per heavy atom. The largest absolute Gasteiger partial charge is 0.497 e. The van der Waals surface area contributed by atoms with Crippen LogP contribution >= 0.6 is 0 Å². The number of carbonyl (C=O) groups excluding carboxylic acids is 2. The fraction of sp³-hybridized carbons (Fsp3) is 0.417. The minimum atomic E-state index is -0.107. The zero-order valence-corrected chi connectivity index (χ0v) is 17.4. The molecule has 2 amide bonds. The lowest BCUT2D eigenvalue weighted by Gasteiger charge is -2.33. The second kappa shape index (κ2) is 9.20. The first-order chi connectivity index (χ1) is 14.7. The predicted molar refractivity (Wildman–Crippen MR) is 115 cm³/mol. The molecule has 30 heavy (non-hydrogen) atoms. The normalized spacial score (nSPS) is 19.0. The second-order valence-electron chi connectivity index (χ2n) is 7.78. The van der Waals surface area contributed by atoms with E-state index in [1.54, 1.807) is 12.0 Å². The zero-order chi connectivity index (χ0) is 20.9. The molecule has 2 heterocycles. The lowest BCUT2D eigenvalue weighted by atomic mass is 10.0. The molecule has 0 radical (unpaired) electrons. The molecule has 4 rings (SSSR count). The van der Waals surface area contributed by atoms with Crippen molar-refractivity contribution in [3.05, 3.63) is 54.1 Å². The lowest BCUT2D eigenvalue weighted by Crippen LogP contribution is -2.42. The van der Waals surface area contributed by atoms with Crippen molar-refractivity contribution in [2.45, 2.75) is 38.1 Å². The number of amides is 2. The van der Waals surface area contributed by atoms with Crippen LogP contribution in [0, 0.1) is 0 Å². The van der Waals surface area contributed by atoms with Crippen LogP contribution in [-0.2, 0) is 9.59 Å². The summed E-state index contributed by atoms with van der Waals surface area (Å²) < 4.78 is 10.8. The summed E-state index contributed by atoms with van der Waals surface area (Å²) in [6.45, 7) is 1.14. The number of ether oxygens (including phenoxy) is 2. The first-order valence-corrected chi connectivity index (χ1v) is 10.6. The van der Waals surface area contributed by atoms with E-state index < -0.39 is 0 Å². The number of hydrogen-bond acceptors (Lipinski definition) is 4. The van der Waals surface area contributed by atoms with E-state index in [4.69, 9.17) is 9.47 Å². The van der Waals surface area contributed by atoms with Crippen LogP contribution in [0.3, 0.4) is 0 Å². The molecule has 158 valence electrons. The van der Waals surface area contributed by atoms with Gasteiger partial charge >= 0.3 is 0 Å². The Balaban J connectivity index is 1.48. The lowest BCUT2D eigenvalue weighted by molar-refractivity contribution is -0.133. The third kappa shape index (κ3) is 4.27. The smallest absolute Gasteiger partial charge is 0.265 e. The van der Waals surface area contributed by atoms with Crippen LogP contribution in [0.1, 0.15) is 43.7 Å². The molecule has 1 atom stereocenters. The molecular weight excluding hydrogens is 380 g/mol. The number of anilines is 1. The molecule has 1 fully saturated rings. The van der Waals surface area contributed by atoms with Gasteiger partial charge in [0.2, 0.25) is 5.91 Å². The van der Waals surface area contributed by atoms with E-state index in [1.165, 1.54) is 0 Å². The SMILES string of the molecule is COc1ccc([C@H]2CCCCCN2C(=O)CCN2C(=O)COc3ccccc32)cc1. The van der Waals surface area contributed by atoms with Gasteiger partial charge in [-0.1, -0.05) is 37.1 Å².